The second-order valence-electron chi connectivity index (χ2n) is 7.59. The molecule has 0 amide bonds. The highest BCUT2D eigenvalue weighted by atomic mass is 19.4. The topological polar surface area (TPSA) is 104 Å². The van der Waals surface area contributed by atoms with Crippen molar-refractivity contribution < 1.29 is 17.9 Å². The molecule has 0 aliphatic heterocycles. The normalized spacial score (nSPS) is 11.7. The van der Waals surface area contributed by atoms with Crippen molar-refractivity contribution >= 4 is 22.7 Å². The van der Waals surface area contributed by atoms with E-state index in [1.54, 1.807) is 10.9 Å². The molecule has 3 aromatic heterocycles. The third-order valence-corrected chi connectivity index (χ3v) is 5.32. The molecule has 0 saturated carbocycles. The van der Waals surface area contributed by atoms with Crippen LogP contribution in [0.3, 0.4) is 0 Å². The first kappa shape index (κ1) is 22.3. The number of benzene rings is 1. The summed E-state index contributed by atoms with van der Waals surface area (Å²) in [5.41, 5.74) is 8.90. The van der Waals surface area contributed by atoms with Crippen molar-refractivity contribution in [2.45, 2.75) is 33.1 Å². The molecule has 4 rings (SSSR count). The fourth-order valence-electron chi connectivity index (χ4n) is 3.66. The second-order valence-corrected chi connectivity index (χ2v) is 7.59. The minimum atomic E-state index is -4.45. The lowest BCUT2D eigenvalue weighted by molar-refractivity contribution is -0.137. The van der Waals surface area contributed by atoms with Crippen LogP contribution in [0.4, 0.5) is 24.8 Å². The van der Waals surface area contributed by atoms with E-state index in [0.717, 1.165) is 29.0 Å². The van der Waals surface area contributed by atoms with Crippen LogP contribution in [0.5, 0.6) is 5.75 Å². The first-order valence-electron chi connectivity index (χ1n) is 10.0. The number of nitrogen functional groups attached to an aromatic ring is 1. The molecule has 0 aliphatic carbocycles. The number of rotatable bonds is 6. The van der Waals surface area contributed by atoms with Crippen LogP contribution < -0.4 is 15.8 Å². The fourth-order valence-corrected chi connectivity index (χ4v) is 3.66. The van der Waals surface area contributed by atoms with Crippen LogP contribution in [-0.2, 0) is 19.3 Å². The Morgan fingerprint density at radius 3 is 2.64 bits per heavy atom. The summed E-state index contributed by atoms with van der Waals surface area (Å²) in [4.78, 5) is 12.8. The fraction of sp³-hybridized carbons (Fsp3) is 0.273. The lowest BCUT2D eigenvalue weighted by atomic mass is 10.1. The minimum absolute atomic E-state index is 0.135. The first-order chi connectivity index (χ1) is 15.7. The Labute approximate surface area is 187 Å². The SMILES string of the molecule is COc1cc(C(F)(F)F)ccc1Cn1cc2c(NCc3c(C)cc(N)nc3C)ncnc2n1. The number of aryl methyl sites for hydroxylation is 2. The number of hydrogen-bond donors (Lipinski definition) is 2. The summed E-state index contributed by atoms with van der Waals surface area (Å²) in [6.45, 7) is 4.55. The van der Waals surface area contributed by atoms with E-state index < -0.39 is 11.7 Å². The molecule has 0 unspecified atom stereocenters. The molecular formula is C22H22F3N7O. The predicted molar refractivity (Wildman–Crippen MR) is 118 cm³/mol. The van der Waals surface area contributed by atoms with Crippen LogP contribution in [0.2, 0.25) is 0 Å². The molecule has 3 heterocycles. The number of aromatic nitrogens is 5. The van der Waals surface area contributed by atoms with Crippen LogP contribution in [0.25, 0.3) is 11.0 Å². The highest BCUT2D eigenvalue weighted by Crippen LogP contribution is 2.33. The van der Waals surface area contributed by atoms with Crippen LogP contribution in [0, 0.1) is 13.8 Å². The van der Waals surface area contributed by atoms with Gasteiger partial charge in [0, 0.05) is 24.0 Å². The number of nitrogens with one attached hydrogen (secondary N) is 1. The first-order valence-corrected chi connectivity index (χ1v) is 10.0. The zero-order valence-corrected chi connectivity index (χ0v) is 18.2. The van der Waals surface area contributed by atoms with Gasteiger partial charge in [-0.3, -0.25) is 4.68 Å². The molecule has 33 heavy (non-hydrogen) atoms. The van der Waals surface area contributed by atoms with E-state index in [-0.39, 0.29) is 12.3 Å². The highest BCUT2D eigenvalue weighted by molar-refractivity contribution is 5.85. The van der Waals surface area contributed by atoms with Crippen molar-refractivity contribution in [1.82, 2.24) is 24.7 Å². The summed E-state index contributed by atoms with van der Waals surface area (Å²) >= 11 is 0. The molecule has 0 spiro atoms. The molecule has 0 radical (unpaired) electrons. The van der Waals surface area contributed by atoms with Gasteiger partial charge in [0.05, 0.1) is 24.6 Å². The van der Waals surface area contributed by atoms with E-state index in [4.69, 9.17) is 10.5 Å². The van der Waals surface area contributed by atoms with Gasteiger partial charge in [0.25, 0.3) is 0 Å². The molecule has 1 aromatic carbocycles. The summed E-state index contributed by atoms with van der Waals surface area (Å²) in [5.74, 6) is 1.19. The Morgan fingerprint density at radius 1 is 1.15 bits per heavy atom. The number of halogens is 3. The van der Waals surface area contributed by atoms with Crippen LogP contribution in [0.1, 0.15) is 27.9 Å². The van der Waals surface area contributed by atoms with Gasteiger partial charge in [-0.2, -0.15) is 18.3 Å². The maximum absolute atomic E-state index is 13.0. The number of nitrogens with two attached hydrogens (primary N) is 1. The number of ether oxygens (including phenoxy) is 1. The summed E-state index contributed by atoms with van der Waals surface area (Å²) in [5, 5.41) is 8.41. The smallest absolute Gasteiger partial charge is 0.416 e. The average Bonchev–Trinajstić information content (AvgIpc) is 3.15. The maximum Gasteiger partial charge on any atom is 0.416 e. The number of alkyl halides is 3. The van der Waals surface area contributed by atoms with E-state index >= 15 is 0 Å². The van der Waals surface area contributed by atoms with Crippen LogP contribution in [0.15, 0.2) is 36.8 Å². The molecule has 11 heteroatoms. The van der Waals surface area contributed by atoms with Crippen molar-refractivity contribution in [2.75, 3.05) is 18.2 Å². The van der Waals surface area contributed by atoms with Crippen LogP contribution in [-0.4, -0.2) is 31.8 Å². The van der Waals surface area contributed by atoms with Crippen molar-refractivity contribution in [3.63, 3.8) is 0 Å². The van der Waals surface area contributed by atoms with Gasteiger partial charge >= 0.3 is 6.18 Å². The highest BCUT2D eigenvalue weighted by Gasteiger charge is 2.31. The van der Waals surface area contributed by atoms with Crippen molar-refractivity contribution in [1.29, 1.82) is 0 Å². The standard InChI is InChI=1S/C22H22F3N7O/c1-12-6-19(26)30-13(2)16(12)8-27-20-17-10-32(31-21(17)29-11-28-20)9-14-4-5-15(22(23,24)25)7-18(14)33-3/h4-7,10-11H,8-9H2,1-3H3,(H2,26,30)(H,27,28,29,31). The van der Waals surface area contributed by atoms with Crippen molar-refractivity contribution in [3.05, 3.63) is 64.7 Å². The lowest BCUT2D eigenvalue weighted by Crippen LogP contribution is -2.08. The zero-order chi connectivity index (χ0) is 23.8. The second kappa shape index (κ2) is 8.57. The summed E-state index contributed by atoms with van der Waals surface area (Å²) in [7, 11) is 1.34. The maximum atomic E-state index is 13.0. The molecule has 172 valence electrons. The number of hydrogen-bond acceptors (Lipinski definition) is 7. The molecular weight excluding hydrogens is 435 g/mol. The van der Waals surface area contributed by atoms with Gasteiger partial charge in [-0.05, 0) is 43.2 Å². The Bertz CT molecular complexity index is 1290. The van der Waals surface area contributed by atoms with E-state index in [1.165, 1.54) is 19.5 Å². The largest absolute Gasteiger partial charge is 0.496 e. The Hall–Kier alpha value is -3.89. The van der Waals surface area contributed by atoms with E-state index in [2.05, 4.69) is 25.4 Å². The molecule has 0 bridgehead atoms. The average molecular weight is 457 g/mol. The van der Waals surface area contributed by atoms with Gasteiger partial charge in [0.1, 0.15) is 23.7 Å². The number of nitrogens with zero attached hydrogens (tertiary/aromatic N) is 5. The third-order valence-electron chi connectivity index (χ3n) is 5.32. The summed E-state index contributed by atoms with van der Waals surface area (Å²) in [6.07, 6.45) is -1.30. The molecule has 8 nitrogen and oxygen atoms in total. The van der Waals surface area contributed by atoms with E-state index in [1.807, 2.05) is 19.9 Å². The van der Waals surface area contributed by atoms with Crippen molar-refractivity contribution in [3.8, 4) is 5.75 Å². The molecule has 0 atom stereocenters. The van der Waals surface area contributed by atoms with Gasteiger partial charge in [-0.15, -0.1) is 0 Å². The summed E-state index contributed by atoms with van der Waals surface area (Å²) < 4.78 is 45.8. The Balaban J connectivity index is 1.59. The van der Waals surface area contributed by atoms with Crippen LogP contribution >= 0.6 is 0 Å². The molecule has 3 N–H and O–H groups in total. The quantitative estimate of drug-likeness (QED) is 0.449. The number of pyridine rings is 1. The molecule has 4 aromatic rings. The summed E-state index contributed by atoms with van der Waals surface area (Å²) in [6, 6.07) is 5.21. The molecule has 0 fully saturated rings. The Kier molecular flexibility index (Phi) is 5.79. The van der Waals surface area contributed by atoms with E-state index in [0.29, 0.717) is 34.8 Å². The zero-order valence-electron chi connectivity index (χ0n) is 18.2. The molecule has 0 saturated heterocycles. The molecule has 0 aliphatic rings. The van der Waals surface area contributed by atoms with E-state index in [9.17, 15) is 13.2 Å². The lowest BCUT2D eigenvalue weighted by Gasteiger charge is -2.12. The Morgan fingerprint density at radius 2 is 1.94 bits per heavy atom. The predicted octanol–water partition coefficient (Wildman–Crippen LogP) is 4.11. The number of fused-ring (bicyclic) bond motifs is 1. The van der Waals surface area contributed by atoms with Crippen molar-refractivity contribution in [2.24, 2.45) is 0 Å². The third kappa shape index (κ3) is 4.66. The van der Waals surface area contributed by atoms with Gasteiger partial charge in [0.15, 0.2) is 5.65 Å². The number of methoxy groups -OCH3 is 1. The minimum Gasteiger partial charge on any atom is -0.496 e. The number of anilines is 2. The van der Waals surface area contributed by atoms with Gasteiger partial charge in [-0.25, -0.2) is 15.0 Å². The monoisotopic (exact) mass is 457 g/mol. The van der Waals surface area contributed by atoms with Gasteiger partial charge in [-0.1, -0.05) is 6.07 Å². The van der Waals surface area contributed by atoms with Gasteiger partial charge < -0.3 is 15.8 Å². The van der Waals surface area contributed by atoms with Gasteiger partial charge in [0.2, 0.25) is 0 Å².